The Morgan fingerprint density at radius 3 is 2.26 bits per heavy atom. The van der Waals surface area contributed by atoms with Crippen LogP contribution >= 0.6 is 0 Å². The molecule has 5 N–H and O–H groups in total. The third-order valence-corrected chi connectivity index (χ3v) is 2.35. The third-order valence-electron chi connectivity index (χ3n) is 2.35. The van der Waals surface area contributed by atoms with E-state index in [9.17, 15) is 4.79 Å². The van der Waals surface area contributed by atoms with Gasteiger partial charge in [0.05, 0.1) is 0 Å². The maximum Gasteiger partial charge on any atom is 0.364 e. The lowest BCUT2D eigenvalue weighted by Crippen LogP contribution is -2.37. The Bertz CT molecular complexity index is 376. The molecule has 19 heavy (non-hydrogen) atoms. The van der Waals surface area contributed by atoms with Gasteiger partial charge in [0.2, 0.25) is 0 Å². The molecule has 0 atom stereocenters. The van der Waals surface area contributed by atoms with Gasteiger partial charge < -0.3 is 21.1 Å². The van der Waals surface area contributed by atoms with Crippen LogP contribution in [-0.4, -0.2) is 27.1 Å². The van der Waals surface area contributed by atoms with Gasteiger partial charge in [-0.05, 0) is 18.4 Å². The second kappa shape index (κ2) is 9.27. The van der Waals surface area contributed by atoms with Gasteiger partial charge in [-0.15, -0.1) is 6.58 Å². The second-order valence-electron chi connectivity index (χ2n) is 3.99. The predicted octanol–water partition coefficient (Wildman–Crippen LogP) is 1.25. The van der Waals surface area contributed by atoms with Crippen LogP contribution in [0.5, 0.6) is 0 Å². The van der Waals surface area contributed by atoms with Gasteiger partial charge in [0.15, 0.2) is 0 Å². The minimum atomic E-state index is -2.58. The lowest BCUT2D eigenvalue weighted by Gasteiger charge is -2.14. The molecule has 0 aliphatic rings. The molecule has 0 fully saturated rings. The molecular formula is C14H21NO4. The summed E-state index contributed by atoms with van der Waals surface area (Å²) in [5.74, 6) is -4.19. The van der Waals surface area contributed by atoms with E-state index in [0.717, 1.165) is 0 Å². The van der Waals surface area contributed by atoms with E-state index in [1.165, 1.54) is 5.56 Å². The quantitative estimate of drug-likeness (QED) is 0.353. The minimum absolute atomic E-state index is 0.172. The van der Waals surface area contributed by atoms with Crippen molar-refractivity contribution >= 4 is 5.97 Å². The van der Waals surface area contributed by atoms with Crippen LogP contribution in [0, 0.1) is 0 Å². The van der Waals surface area contributed by atoms with Crippen molar-refractivity contribution in [1.29, 1.82) is 0 Å². The Hall–Kier alpha value is -1.69. The number of unbranched alkanes of at least 4 members (excludes halogenated alkanes) is 1. The molecule has 0 bridgehead atoms. The summed E-state index contributed by atoms with van der Waals surface area (Å²) in [6.07, 6.45) is 2.41. The Morgan fingerprint density at radius 1 is 1.32 bits per heavy atom. The van der Waals surface area contributed by atoms with Crippen molar-refractivity contribution in [3.05, 3.63) is 48.6 Å². The number of hydrogen-bond donors (Lipinski definition) is 4. The van der Waals surface area contributed by atoms with Crippen LogP contribution in [0.3, 0.4) is 0 Å². The summed E-state index contributed by atoms with van der Waals surface area (Å²) in [6, 6.07) is 9.99. The number of rotatable bonds is 6. The summed E-state index contributed by atoms with van der Waals surface area (Å²) in [5, 5.41) is 25.7. The van der Waals surface area contributed by atoms with Gasteiger partial charge in [0.1, 0.15) is 0 Å². The number of carboxylic acid groups (broad SMARTS) is 1. The van der Waals surface area contributed by atoms with Crippen LogP contribution in [0.15, 0.2) is 43.0 Å². The lowest BCUT2D eigenvalue weighted by atomic mass is 10.1. The number of aliphatic hydroxyl groups is 2. The number of aliphatic carboxylic acids is 1. The van der Waals surface area contributed by atoms with Crippen molar-refractivity contribution in [3.63, 3.8) is 0 Å². The zero-order valence-electron chi connectivity index (χ0n) is 10.8. The van der Waals surface area contributed by atoms with E-state index >= 15 is 0 Å². The largest absolute Gasteiger partial charge is 0.477 e. The number of carbonyl (C=O) groups is 1. The molecule has 0 saturated heterocycles. The summed E-state index contributed by atoms with van der Waals surface area (Å²) in [6.45, 7) is 4.05. The lowest BCUT2D eigenvalue weighted by molar-refractivity contribution is -0.205. The molecule has 0 aliphatic carbocycles. The highest BCUT2D eigenvalue weighted by Crippen LogP contribution is 2.10. The van der Waals surface area contributed by atoms with Crippen molar-refractivity contribution in [2.24, 2.45) is 5.73 Å². The molecule has 1 aromatic rings. The molecular weight excluding hydrogens is 246 g/mol. The maximum atomic E-state index is 10.1. The molecule has 0 radical (unpaired) electrons. The van der Waals surface area contributed by atoms with Gasteiger partial charge in [-0.25, -0.2) is 4.79 Å². The van der Waals surface area contributed by atoms with Gasteiger partial charge in [0, 0.05) is 13.0 Å². The van der Waals surface area contributed by atoms with Crippen LogP contribution in [0.4, 0.5) is 0 Å². The Morgan fingerprint density at radius 2 is 1.89 bits per heavy atom. The van der Waals surface area contributed by atoms with Crippen molar-refractivity contribution in [2.45, 2.75) is 31.6 Å². The first-order valence-corrected chi connectivity index (χ1v) is 5.97. The molecule has 0 aromatic heterocycles. The standard InChI is InChI=1S/C7H9N.C7H12O4/c8-6-7-4-2-1-3-5-7;1-2-3-4-5-7(10,11)6(8)9/h1-5H,6,8H2;2,10-11H,1,3-5H2,(H,8,9). The number of allylic oxidation sites excluding steroid dienone is 1. The van der Waals surface area contributed by atoms with Crippen LogP contribution in [0.1, 0.15) is 24.8 Å². The third kappa shape index (κ3) is 8.10. The van der Waals surface area contributed by atoms with E-state index in [1.807, 2.05) is 30.3 Å². The normalized spacial score (nSPS) is 10.3. The van der Waals surface area contributed by atoms with Crippen molar-refractivity contribution in [1.82, 2.24) is 0 Å². The Balaban J connectivity index is 0.000000356. The molecule has 1 rings (SSSR count). The molecule has 0 amide bonds. The fourth-order valence-electron chi connectivity index (χ4n) is 1.21. The molecule has 0 unspecified atom stereocenters. The summed E-state index contributed by atoms with van der Waals surface area (Å²) in [7, 11) is 0. The average molecular weight is 267 g/mol. The first kappa shape index (κ1) is 17.3. The van der Waals surface area contributed by atoms with Crippen LogP contribution in [0.25, 0.3) is 0 Å². The number of hydrogen-bond acceptors (Lipinski definition) is 4. The summed E-state index contributed by atoms with van der Waals surface area (Å²) >= 11 is 0. The van der Waals surface area contributed by atoms with Crippen molar-refractivity contribution in [3.8, 4) is 0 Å². The van der Waals surface area contributed by atoms with E-state index in [2.05, 4.69) is 6.58 Å². The zero-order valence-corrected chi connectivity index (χ0v) is 10.8. The van der Waals surface area contributed by atoms with Crippen LogP contribution < -0.4 is 5.73 Å². The molecule has 5 heteroatoms. The maximum absolute atomic E-state index is 10.1. The second-order valence-corrected chi connectivity index (χ2v) is 3.99. The molecule has 1 aromatic carbocycles. The molecule has 0 spiro atoms. The highest BCUT2D eigenvalue weighted by molar-refractivity contribution is 5.74. The molecule has 5 nitrogen and oxygen atoms in total. The van der Waals surface area contributed by atoms with E-state index in [0.29, 0.717) is 19.4 Å². The highest BCUT2D eigenvalue weighted by atomic mass is 16.5. The first-order chi connectivity index (χ1) is 8.94. The minimum Gasteiger partial charge on any atom is -0.477 e. The van der Waals surface area contributed by atoms with E-state index in [1.54, 1.807) is 6.08 Å². The van der Waals surface area contributed by atoms with Crippen molar-refractivity contribution < 1.29 is 20.1 Å². The van der Waals surface area contributed by atoms with E-state index < -0.39 is 11.8 Å². The monoisotopic (exact) mass is 267 g/mol. The molecule has 106 valence electrons. The zero-order chi connectivity index (χ0) is 14.7. The smallest absolute Gasteiger partial charge is 0.364 e. The highest BCUT2D eigenvalue weighted by Gasteiger charge is 2.31. The first-order valence-electron chi connectivity index (χ1n) is 5.97. The van der Waals surface area contributed by atoms with E-state index in [4.69, 9.17) is 21.1 Å². The average Bonchev–Trinajstić information content (AvgIpc) is 2.40. The Labute approximate surface area is 113 Å². The summed E-state index contributed by atoms with van der Waals surface area (Å²) in [4.78, 5) is 10.1. The topological polar surface area (TPSA) is 104 Å². The predicted molar refractivity (Wildman–Crippen MR) is 73.2 cm³/mol. The van der Waals surface area contributed by atoms with Gasteiger partial charge in [-0.2, -0.15) is 0 Å². The molecule has 0 heterocycles. The Kier molecular flexibility index (Phi) is 8.44. The van der Waals surface area contributed by atoms with Gasteiger partial charge in [0.25, 0.3) is 5.79 Å². The fraction of sp³-hybridized carbons (Fsp3) is 0.357. The molecule has 0 aliphatic heterocycles. The molecule has 0 saturated carbocycles. The number of nitrogens with two attached hydrogens (primary N) is 1. The van der Waals surface area contributed by atoms with E-state index in [-0.39, 0.29) is 6.42 Å². The number of carboxylic acids is 1. The van der Waals surface area contributed by atoms with Gasteiger partial charge in [-0.1, -0.05) is 36.4 Å². The number of benzene rings is 1. The van der Waals surface area contributed by atoms with Gasteiger partial charge >= 0.3 is 5.97 Å². The van der Waals surface area contributed by atoms with Crippen molar-refractivity contribution in [2.75, 3.05) is 0 Å². The fourth-order valence-corrected chi connectivity index (χ4v) is 1.21. The van der Waals surface area contributed by atoms with Gasteiger partial charge in [-0.3, -0.25) is 0 Å². The van der Waals surface area contributed by atoms with Crippen LogP contribution in [0.2, 0.25) is 0 Å². The SMILES string of the molecule is C=CCCCC(O)(O)C(=O)O.NCc1ccccc1. The summed E-state index contributed by atoms with van der Waals surface area (Å²) < 4.78 is 0. The van der Waals surface area contributed by atoms with Crippen LogP contribution in [-0.2, 0) is 11.3 Å². The summed E-state index contributed by atoms with van der Waals surface area (Å²) in [5.41, 5.74) is 6.54.